The maximum absolute atomic E-state index is 5.88. The molecule has 0 bridgehead atoms. The first-order chi connectivity index (χ1) is 11.4. The van der Waals surface area contributed by atoms with Crippen LogP contribution >= 0.6 is 0 Å². The Morgan fingerprint density at radius 3 is 2.43 bits per heavy atom. The van der Waals surface area contributed by atoms with Gasteiger partial charge in [0.15, 0.2) is 0 Å². The third kappa shape index (κ3) is 7.34. The molecular weight excluding hydrogens is 282 g/mol. The Bertz CT molecular complexity index is 539. The fourth-order valence-electron chi connectivity index (χ4n) is 2.57. The van der Waals surface area contributed by atoms with Crippen LogP contribution < -0.4 is 10.1 Å². The van der Waals surface area contributed by atoms with Gasteiger partial charge >= 0.3 is 0 Å². The van der Waals surface area contributed by atoms with Crippen LogP contribution in [-0.4, -0.2) is 6.54 Å². The summed E-state index contributed by atoms with van der Waals surface area (Å²) in [5, 5.41) is 3.52. The maximum Gasteiger partial charge on any atom is 0.120 e. The SMILES string of the molecule is CCCCCCCNCc1cccc(OCc2ccccc2)c1. The summed E-state index contributed by atoms with van der Waals surface area (Å²) in [5.41, 5.74) is 2.48. The molecule has 124 valence electrons. The van der Waals surface area contributed by atoms with E-state index in [0.717, 1.165) is 18.8 Å². The van der Waals surface area contributed by atoms with E-state index in [1.54, 1.807) is 0 Å². The van der Waals surface area contributed by atoms with Crippen molar-refractivity contribution in [2.24, 2.45) is 0 Å². The molecule has 0 saturated heterocycles. The molecule has 2 rings (SSSR count). The zero-order valence-corrected chi connectivity index (χ0v) is 14.3. The topological polar surface area (TPSA) is 21.3 Å². The number of hydrogen-bond donors (Lipinski definition) is 1. The van der Waals surface area contributed by atoms with Gasteiger partial charge in [-0.1, -0.05) is 75.1 Å². The predicted octanol–water partition coefficient (Wildman–Crippen LogP) is 5.33. The van der Waals surface area contributed by atoms with Crippen molar-refractivity contribution in [2.75, 3.05) is 6.54 Å². The summed E-state index contributed by atoms with van der Waals surface area (Å²) in [6.07, 6.45) is 6.64. The van der Waals surface area contributed by atoms with Crippen molar-refractivity contribution >= 4 is 0 Å². The van der Waals surface area contributed by atoms with Crippen molar-refractivity contribution in [1.82, 2.24) is 5.32 Å². The quantitative estimate of drug-likeness (QED) is 0.567. The molecular formula is C21H29NO. The van der Waals surface area contributed by atoms with Gasteiger partial charge in [-0.3, -0.25) is 0 Å². The molecule has 0 heterocycles. The summed E-state index contributed by atoms with van der Waals surface area (Å²) in [4.78, 5) is 0. The summed E-state index contributed by atoms with van der Waals surface area (Å²) in [5.74, 6) is 0.941. The average Bonchev–Trinajstić information content (AvgIpc) is 2.60. The number of hydrogen-bond acceptors (Lipinski definition) is 2. The third-order valence-electron chi connectivity index (χ3n) is 3.93. The van der Waals surface area contributed by atoms with Crippen LogP contribution in [0, 0.1) is 0 Å². The summed E-state index contributed by atoms with van der Waals surface area (Å²) in [6, 6.07) is 18.7. The van der Waals surface area contributed by atoms with Crippen molar-refractivity contribution in [1.29, 1.82) is 0 Å². The highest BCUT2D eigenvalue weighted by molar-refractivity contribution is 5.29. The minimum absolute atomic E-state index is 0.620. The van der Waals surface area contributed by atoms with Crippen molar-refractivity contribution < 1.29 is 4.74 Å². The first-order valence-corrected chi connectivity index (χ1v) is 8.85. The molecule has 0 saturated carbocycles. The number of ether oxygens (including phenoxy) is 1. The summed E-state index contributed by atoms with van der Waals surface area (Å²) in [6.45, 7) is 4.88. The second kappa shape index (κ2) is 10.8. The molecule has 0 fully saturated rings. The number of nitrogens with one attached hydrogen (secondary N) is 1. The second-order valence-corrected chi connectivity index (χ2v) is 6.01. The summed E-state index contributed by atoms with van der Waals surface area (Å²) >= 11 is 0. The lowest BCUT2D eigenvalue weighted by molar-refractivity contribution is 0.306. The van der Waals surface area contributed by atoms with E-state index in [1.165, 1.54) is 43.2 Å². The molecule has 0 spiro atoms. The summed E-state index contributed by atoms with van der Waals surface area (Å²) < 4.78 is 5.88. The van der Waals surface area contributed by atoms with Gasteiger partial charge in [-0.15, -0.1) is 0 Å². The molecule has 0 radical (unpaired) electrons. The van der Waals surface area contributed by atoms with Gasteiger partial charge in [-0.05, 0) is 36.2 Å². The van der Waals surface area contributed by atoms with Gasteiger partial charge in [-0.2, -0.15) is 0 Å². The van der Waals surface area contributed by atoms with E-state index >= 15 is 0 Å². The largest absolute Gasteiger partial charge is 0.489 e. The molecule has 2 aromatic carbocycles. The van der Waals surface area contributed by atoms with Crippen molar-refractivity contribution in [3.63, 3.8) is 0 Å². The number of unbranched alkanes of at least 4 members (excludes halogenated alkanes) is 4. The fraction of sp³-hybridized carbons (Fsp3) is 0.429. The zero-order valence-electron chi connectivity index (χ0n) is 14.3. The van der Waals surface area contributed by atoms with Crippen molar-refractivity contribution in [3.8, 4) is 5.75 Å². The van der Waals surface area contributed by atoms with Crippen molar-refractivity contribution in [3.05, 3.63) is 65.7 Å². The molecule has 0 amide bonds. The molecule has 0 aliphatic rings. The number of rotatable bonds is 11. The molecule has 2 heteroatoms. The van der Waals surface area contributed by atoms with Gasteiger partial charge in [0, 0.05) is 6.54 Å². The Morgan fingerprint density at radius 1 is 0.826 bits per heavy atom. The Labute approximate surface area is 140 Å². The monoisotopic (exact) mass is 311 g/mol. The molecule has 2 nitrogen and oxygen atoms in total. The minimum atomic E-state index is 0.620. The second-order valence-electron chi connectivity index (χ2n) is 6.01. The standard InChI is InChI=1S/C21H29NO/c1-2-3-4-5-9-15-22-17-20-13-10-14-21(16-20)23-18-19-11-7-6-8-12-19/h6-8,10-14,16,22H,2-5,9,15,17-18H2,1H3. The van der Waals surface area contributed by atoms with Gasteiger partial charge in [0.2, 0.25) is 0 Å². The molecule has 0 aliphatic heterocycles. The van der Waals surface area contributed by atoms with E-state index in [0.29, 0.717) is 6.61 Å². The van der Waals surface area contributed by atoms with E-state index in [9.17, 15) is 0 Å². The van der Waals surface area contributed by atoms with Crippen LogP contribution in [0.4, 0.5) is 0 Å². The zero-order chi connectivity index (χ0) is 16.2. The van der Waals surface area contributed by atoms with E-state index < -0.39 is 0 Å². The van der Waals surface area contributed by atoms with Crippen LogP contribution in [0.5, 0.6) is 5.75 Å². The summed E-state index contributed by atoms with van der Waals surface area (Å²) in [7, 11) is 0. The van der Waals surface area contributed by atoms with Crippen LogP contribution in [0.15, 0.2) is 54.6 Å². The van der Waals surface area contributed by atoms with Gasteiger partial charge < -0.3 is 10.1 Å². The van der Waals surface area contributed by atoms with E-state index in [2.05, 4.69) is 42.6 Å². The van der Waals surface area contributed by atoms with E-state index in [1.807, 2.05) is 24.3 Å². The van der Waals surface area contributed by atoms with Crippen molar-refractivity contribution in [2.45, 2.75) is 52.2 Å². The molecule has 0 aliphatic carbocycles. The molecule has 1 N–H and O–H groups in total. The van der Waals surface area contributed by atoms with Gasteiger partial charge in [-0.25, -0.2) is 0 Å². The first-order valence-electron chi connectivity index (χ1n) is 8.85. The lowest BCUT2D eigenvalue weighted by Gasteiger charge is -2.09. The van der Waals surface area contributed by atoms with Crippen LogP contribution in [0.3, 0.4) is 0 Å². The van der Waals surface area contributed by atoms with Crippen LogP contribution in [0.25, 0.3) is 0 Å². The Hall–Kier alpha value is -1.80. The smallest absolute Gasteiger partial charge is 0.120 e. The van der Waals surface area contributed by atoms with E-state index in [4.69, 9.17) is 4.74 Å². The molecule has 0 unspecified atom stereocenters. The van der Waals surface area contributed by atoms with Crippen LogP contribution in [-0.2, 0) is 13.2 Å². The minimum Gasteiger partial charge on any atom is -0.489 e. The average molecular weight is 311 g/mol. The highest BCUT2D eigenvalue weighted by atomic mass is 16.5. The highest BCUT2D eigenvalue weighted by Gasteiger charge is 1.98. The maximum atomic E-state index is 5.88. The lowest BCUT2D eigenvalue weighted by atomic mass is 10.1. The molecule has 0 aromatic heterocycles. The van der Waals surface area contributed by atoms with Gasteiger partial charge in [0.25, 0.3) is 0 Å². The van der Waals surface area contributed by atoms with Gasteiger partial charge in [0.05, 0.1) is 0 Å². The normalized spacial score (nSPS) is 10.7. The first kappa shape index (κ1) is 17.6. The van der Waals surface area contributed by atoms with E-state index in [-0.39, 0.29) is 0 Å². The molecule has 23 heavy (non-hydrogen) atoms. The lowest BCUT2D eigenvalue weighted by Crippen LogP contribution is -2.14. The number of benzene rings is 2. The highest BCUT2D eigenvalue weighted by Crippen LogP contribution is 2.15. The predicted molar refractivity (Wildman–Crippen MR) is 97.7 cm³/mol. The Morgan fingerprint density at radius 2 is 1.61 bits per heavy atom. The third-order valence-corrected chi connectivity index (χ3v) is 3.93. The fourth-order valence-corrected chi connectivity index (χ4v) is 2.57. The van der Waals surface area contributed by atoms with Gasteiger partial charge in [0.1, 0.15) is 12.4 Å². The van der Waals surface area contributed by atoms with Crippen LogP contribution in [0.1, 0.15) is 50.2 Å². The Kier molecular flexibility index (Phi) is 8.28. The van der Waals surface area contributed by atoms with Crippen LogP contribution in [0.2, 0.25) is 0 Å². The molecule has 2 aromatic rings. The Balaban J connectivity index is 1.68. The molecule has 0 atom stereocenters.